The van der Waals surface area contributed by atoms with E-state index < -0.39 is 0 Å². The van der Waals surface area contributed by atoms with Crippen molar-refractivity contribution in [3.05, 3.63) is 82.9 Å². The van der Waals surface area contributed by atoms with Crippen LogP contribution in [0.25, 0.3) is 5.69 Å². The second-order valence-corrected chi connectivity index (χ2v) is 7.41. The fraction of sp³-hybridized carbons (Fsp3) is 0.238. The Morgan fingerprint density at radius 2 is 1.89 bits per heavy atom. The van der Waals surface area contributed by atoms with E-state index in [0.717, 1.165) is 11.5 Å². The zero-order valence-electron chi connectivity index (χ0n) is 15.4. The molecule has 4 nitrogen and oxygen atoms in total. The van der Waals surface area contributed by atoms with Gasteiger partial charge in [-0.05, 0) is 31.5 Å². The van der Waals surface area contributed by atoms with Crippen molar-refractivity contribution in [3.63, 3.8) is 0 Å². The highest BCUT2D eigenvalue weighted by molar-refractivity contribution is 7.98. The Hall–Kier alpha value is -2.60. The molecule has 3 rings (SSSR count). The van der Waals surface area contributed by atoms with Gasteiger partial charge in [0.25, 0.3) is 5.91 Å². The fourth-order valence-electron chi connectivity index (χ4n) is 2.71. The van der Waals surface area contributed by atoms with E-state index in [1.165, 1.54) is 28.1 Å². The number of rotatable bonds is 7. The Bertz CT molecular complexity index is 921. The monoisotopic (exact) mass is 383 g/mol. The second-order valence-electron chi connectivity index (χ2n) is 6.30. The molecule has 2 aromatic carbocycles. The highest BCUT2D eigenvalue weighted by Crippen LogP contribution is 2.17. The fourth-order valence-corrected chi connectivity index (χ4v) is 3.52. The normalized spacial score (nSPS) is 10.8. The SMILES string of the molecule is Cc1ccc(CSCCNC(=O)c2cnn(-c3ccccc3F)c2C)cc1. The first kappa shape index (κ1) is 19.2. The molecule has 6 heteroatoms. The van der Waals surface area contributed by atoms with Crippen molar-refractivity contribution in [2.24, 2.45) is 0 Å². The Balaban J connectivity index is 1.51. The van der Waals surface area contributed by atoms with Crippen molar-refractivity contribution in [1.29, 1.82) is 0 Å². The molecule has 0 saturated heterocycles. The van der Waals surface area contributed by atoms with Crippen molar-refractivity contribution in [2.45, 2.75) is 19.6 Å². The van der Waals surface area contributed by atoms with Gasteiger partial charge in [-0.3, -0.25) is 4.79 Å². The molecule has 1 N–H and O–H groups in total. The van der Waals surface area contributed by atoms with Gasteiger partial charge < -0.3 is 5.32 Å². The number of halogens is 1. The van der Waals surface area contributed by atoms with E-state index in [1.54, 1.807) is 36.9 Å². The summed E-state index contributed by atoms with van der Waals surface area (Å²) in [6, 6.07) is 14.8. The lowest BCUT2D eigenvalue weighted by Gasteiger charge is -2.07. The van der Waals surface area contributed by atoms with E-state index >= 15 is 0 Å². The van der Waals surface area contributed by atoms with Crippen LogP contribution in [0.2, 0.25) is 0 Å². The molecule has 0 spiro atoms. The van der Waals surface area contributed by atoms with E-state index in [9.17, 15) is 9.18 Å². The standard InChI is InChI=1S/C21H22FN3OS/c1-15-7-9-17(10-8-15)14-27-12-11-23-21(26)18-13-24-25(16(18)2)20-6-4-3-5-19(20)22/h3-10,13H,11-12,14H2,1-2H3,(H,23,26). The van der Waals surface area contributed by atoms with Crippen LogP contribution in [0.1, 0.15) is 27.2 Å². The lowest BCUT2D eigenvalue weighted by molar-refractivity contribution is 0.0955. The summed E-state index contributed by atoms with van der Waals surface area (Å²) in [4.78, 5) is 12.4. The molecule has 0 unspecified atom stereocenters. The number of carbonyl (C=O) groups excluding carboxylic acids is 1. The lowest BCUT2D eigenvalue weighted by Crippen LogP contribution is -2.26. The van der Waals surface area contributed by atoms with E-state index in [0.29, 0.717) is 23.5 Å². The van der Waals surface area contributed by atoms with E-state index in [-0.39, 0.29) is 11.7 Å². The number of thioether (sulfide) groups is 1. The minimum absolute atomic E-state index is 0.189. The number of benzene rings is 2. The van der Waals surface area contributed by atoms with Gasteiger partial charge in [0.2, 0.25) is 0 Å². The molecule has 140 valence electrons. The molecule has 0 aliphatic rings. The second kappa shape index (κ2) is 8.86. The van der Waals surface area contributed by atoms with Crippen molar-refractivity contribution in [1.82, 2.24) is 15.1 Å². The highest BCUT2D eigenvalue weighted by Gasteiger charge is 2.16. The maximum Gasteiger partial charge on any atom is 0.254 e. The largest absolute Gasteiger partial charge is 0.351 e. The minimum Gasteiger partial charge on any atom is -0.351 e. The van der Waals surface area contributed by atoms with Crippen LogP contribution in [0.3, 0.4) is 0 Å². The van der Waals surface area contributed by atoms with Crippen LogP contribution in [0.15, 0.2) is 54.7 Å². The molecule has 0 aliphatic carbocycles. The first-order valence-corrected chi connectivity index (χ1v) is 9.93. The van der Waals surface area contributed by atoms with Gasteiger partial charge in [0, 0.05) is 18.1 Å². The summed E-state index contributed by atoms with van der Waals surface area (Å²) < 4.78 is 15.4. The van der Waals surface area contributed by atoms with Crippen molar-refractivity contribution < 1.29 is 9.18 Å². The van der Waals surface area contributed by atoms with E-state index in [4.69, 9.17) is 0 Å². The van der Waals surface area contributed by atoms with Crippen molar-refractivity contribution in [3.8, 4) is 5.69 Å². The average Bonchev–Trinajstić information content (AvgIpc) is 3.04. The quantitative estimate of drug-likeness (QED) is 0.619. The van der Waals surface area contributed by atoms with Crippen LogP contribution in [0.5, 0.6) is 0 Å². The maximum atomic E-state index is 14.0. The molecule has 3 aromatic rings. The number of nitrogens with one attached hydrogen (secondary N) is 1. The van der Waals surface area contributed by atoms with Gasteiger partial charge in [0.05, 0.1) is 17.5 Å². The molecular weight excluding hydrogens is 361 g/mol. The van der Waals surface area contributed by atoms with Gasteiger partial charge in [0.1, 0.15) is 11.5 Å². The first-order chi connectivity index (χ1) is 13.1. The molecule has 1 amide bonds. The van der Waals surface area contributed by atoms with Crippen LogP contribution >= 0.6 is 11.8 Å². The summed E-state index contributed by atoms with van der Waals surface area (Å²) in [5.74, 6) is 1.18. The van der Waals surface area contributed by atoms with Gasteiger partial charge in [-0.2, -0.15) is 16.9 Å². The molecule has 0 radical (unpaired) electrons. The van der Waals surface area contributed by atoms with Crippen molar-refractivity contribution in [2.75, 3.05) is 12.3 Å². The Morgan fingerprint density at radius 1 is 1.15 bits per heavy atom. The first-order valence-electron chi connectivity index (χ1n) is 8.77. The number of amides is 1. The zero-order chi connectivity index (χ0) is 19.2. The molecule has 1 heterocycles. The molecule has 27 heavy (non-hydrogen) atoms. The topological polar surface area (TPSA) is 46.9 Å². The summed E-state index contributed by atoms with van der Waals surface area (Å²) in [5, 5.41) is 7.08. The Morgan fingerprint density at radius 3 is 2.63 bits per heavy atom. The molecular formula is C21H22FN3OS. The predicted octanol–water partition coefficient (Wildman–Crippen LogP) is 4.29. The molecule has 0 aliphatic heterocycles. The van der Waals surface area contributed by atoms with E-state index in [1.807, 2.05) is 0 Å². The van der Waals surface area contributed by atoms with Crippen LogP contribution in [-0.4, -0.2) is 28.0 Å². The smallest absolute Gasteiger partial charge is 0.254 e. The van der Waals surface area contributed by atoms with Crippen LogP contribution in [0, 0.1) is 19.7 Å². The summed E-state index contributed by atoms with van der Waals surface area (Å²) in [5.41, 5.74) is 3.94. The number of hydrogen-bond acceptors (Lipinski definition) is 3. The third kappa shape index (κ3) is 4.77. The molecule has 0 fully saturated rings. The van der Waals surface area contributed by atoms with Crippen molar-refractivity contribution >= 4 is 17.7 Å². The average molecular weight is 383 g/mol. The molecule has 1 aromatic heterocycles. The third-order valence-corrected chi connectivity index (χ3v) is 5.29. The molecule has 0 saturated carbocycles. The van der Waals surface area contributed by atoms with Crippen LogP contribution in [0.4, 0.5) is 4.39 Å². The predicted molar refractivity (Wildman–Crippen MR) is 108 cm³/mol. The molecule has 0 bridgehead atoms. The minimum atomic E-state index is -0.372. The summed E-state index contributed by atoms with van der Waals surface area (Å²) in [6.07, 6.45) is 1.48. The van der Waals surface area contributed by atoms with Crippen LogP contribution in [-0.2, 0) is 5.75 Å². The number of aromatic nitrogens is 2. The van der Waals surface area contributed by atoms with Gasteiger partial charge in [-0.1, -0.05) is 42.0 Å². The lowest BCUT2D eigenvalue weighted by atomic mass is 10.2. The Kier molecular flexibility index (Phi) is 6.29. The summed E-state index contributed by atoms with van der Waals surface area (Å²) in [7, 11) is 0. The zero-order valence-corrected chi connectivity index (χ0v) is 16.2. The number of para-hydroxylation sites is 1. The van der Waals surface area contributed by atoms with Gasteiger partial charge in [-0.15, -0.1) is 0 Å². The number of aryl methyl sites for hydroxylation is 1. The number of nitrogens with zero attached hydrogens (tertiary/aromatic N) is 2. The summed E-state index contributed by atoms with van der Waals surface area (Å²) in [6.45, 7) is 4.41. The van der Waals surface area contributed by atoms with Crippen LogP contribution < -0.4 is 5.32 Å². The maximum absolute atomic E-state index is 14.0. The third-order valence-electron chi connectivity index (χ3n) is 4.26. The van der Waals surface area contributed by atoms with Gasteiger partial charge >= 0.3 is 0 Å². The van der Waals surface area contributed by atoms with E-state index in [2.05, 4.69) is 41.6 Å². The Labute approximate surface area is 162 Å². The highest BCUT2D eigenvalue weighted by atomic mass is 32.2. The molecule has 0 atom stereocenters. The summed E-state index contributed by atoms with van der Waals surface area (Å²) >= 11 is 1.77. The van der Waals surface area contributed by atoms with Gasteiger partial charge in [-0.25, -0.2) is 9.07 Å². The van der Waals surface area contributed by atoms with Gasteiger partial charge in [0.15, 0.2) is 0 Å². The number of hydrogen-bond donors (Lipinski definition) is 1. The number of carbonyl (C=O) groups is 1.